The van der Waals surface area contributed by atoms with Crippen molar-refractivity contribution in [3.63, 3.8) is 0 Å². The number of fused-ring (bicyclic) bond motifs is 1. The van der Waals surface area contributed by atoms with E-state index in [-0.39, 0.29) is 17.2 Å². The molecule has 0 saturated carbocycles. The van der Waals surface area contributed by atoms with Crippen LogP contribution in [0.25, 0.3) is 0 Å². The molecule has 1 aliphatic heterocycles. The number of carbonyl (C=O) groups is 2. The number of hydrogen-bond donors (Lipinski definition) is 1. The molecule has 0 radical (unpaired) electrons. The number of amides is 1. The van der Waals surface area contributed by atoms with Crippen LogP contribution in [0.2, 0.25) is 5.02 Å². The number of hydrogen-bond acceptors (Lipinski definition) is 4. The van der Waals surface area contributed by atoms with E-state index >= 15 is 0 Å². The average Bonchev–Trinajstić information content (AvgIpc) is 2.50. The van der Waals surface area contributed by atoms with Crippen molar-refractivity contribution in [2.24, 2.45) is 0 Å². The van der Waals surface area contributed by atoms with Gasteiger partial charge in [-0.05, 0) is 13.0 Å². The van der Waals surface area contributed by atoms with Crippen LogP contribution in [0.1, 0.15) is 18.9 Å². The van der Waals surface area contributed by atoms with Crippen molar-refractivity contribution >= 4 is 29.0 Å². The summed E-state index contributed by atoms with van der Waals surface area (Å²) in [4.78, 5) is 24.8. The maximum Gasteiger partial charge on any atom is 0.263 e. The number of Topliss-reactive ketones (excluding diaryl/α,β-unsaturated/α-hetero) is 1. The van der Waals surface area contributed by atoms with Crippen molar-refractivity contribution in [2.75, 3.05) is 19.1 Å². The highest BCUT2D eigenvalue weighted by molar-refractivity contribution is 6.32. The smallest absolute Gasteiger partial charge is 0.263 e. The van der Waals surface area contributed by atoms with Crippen molar-refractivity contribution in [3.8, 4) is 5.75 Å². The summed E-state index contributed by atoms with van der Waals surface area (Å²) in [6.45, 7) is 1.33. The van der Waals surface area contributed by atoms with Crippen LogP contribution in [0.3, 0.4) is 0 Å². The highest BCUT2D eigenvalue weighted by Crippen LogP contribution is 2.45. The van der Waals surface area contributed by atoms with Gasteiger partial charge < -0.3 is 14.7 Å². The number of carbonyl (C=O) groups excluding carboxylic acids is 2. The standard InChI is InChI=1S/C13H14ClNO4/c1-7(16)6-13(18)8-4-9(14)11(19-3)5-10(8)15(2)12(13)17/h4-5,18H,6H2,1-3H3/t13-/m1/s1. The van der Waals surface area contributed by atoms with E-state index in [1.807, 2.05) is 0 Å². The Bertz CT molecular complexity index is 572. The summed E-state index contributed by atoms with van der Waals surface area (Å²) in [5.41, 5.74) is -1.01. The quantitative estimate of drug-likeness (QED) is 0.913. The molecule has 0 unspecified atom stereocenters. The number of benzene rings is 1. The topological polar surface area (TPSA) is 66.8 Å². The zero-order valence-corrected chi connectivity index (χ0v) is 11.6. The fourth-order valence-corrected chi connectivity index (χ4v) is 2.58. The third-order valence-electron chi connectivity index (χ3n) is 3.24. The summed E-state index contributed by atoms with van der Waals surface area (Å²) in [7, 11) is 3.00. The molecule has 1 heterocycles. The molecule has 6 heteroatoms. The van der Waals surface area contributed by atoms with Gasteiger partial charge in [0.05, 0.1) is 17.8 Å². The van der Waals surface area contributed by atoms with Gasteiger partial charge in [0.25, 0.3) is 5.91 Å². The Hall–Kier alpha value is -1.59. The van der Waals surface area contributed by atoms with Crippen molar-refractivity contribution in [1.29, 1.82) is 0 Å². The third-order valence-corrected chi connectivity index (χ3v) is 3.54. The van der Waals surface area contributed by atoms with Gasteiger partial charge in [0.2, 0.25) is 0 Å². The Labute approximate surface area is 115 Å². The number of aliphatic hydroxyl groups is 1. The average molecular weight is 284 g/mol. The van der Waals surface area contributed by atoms with Gasteiger partial charge in [0, 0.05) is 25.1 Å². The summed E-state index contributed by atoms with van der Waals surface area (Å²) in [5, 5.41) is 10.8. The fraction of sp³-hybridized carbons (Fsp3) is 0.385. The van der Waals surface area contributed by atoms with Gasteiger partial charge in [-0.25, -0.2) is 0 Å². The Morgan fingerprint density at radius 3 is 2.68 bits per heavy atom. The van der Waals surface area contributed by atoms with E-state index in [1.54, 1.807) is 6.07 Å². The number of methoxy groups -OCH3 is 1. The number of ether oxygens (including phenoxy) is 1. The minimum atomic E-state index is -1.84. The molecule has 1 aliphatic rings. The maximum atomic E-state index is 12.2. The Morgan fingerprint density at radius 2 is 2.16 bits per heavy atom. The lowest BCUT2D eigenvalue weighted by molar-refractivity contribution is -0.141. The lowest BCUT2D eigenvalue weighted by Gasteiger charge is -2.20. The normalized spacial score (nSPS) is 21.5. The number of nitrogens with zero attached hydrogens (tertiary/aromatic N) is 1. The zero-order chi connectivity index (χ0) is 14.4. The third kappa shape index (κ3) is 1.99. The van der Waals surface area contributed by atoms with Gasteiger partial charge in [-0.1, -0.05) is 11.6 Å². The first-order chi connectivity index (χ1) is 8.81. The highest BCUT2D eigenvalue weighted by Gasteiger charge is 2.49. The second-order valence-corrected chi connectivity index (χ2v) is 5.01. The monoisotopic (exact) mass is 283 g/mol. The summed E-state index contributed by atoms with van der Waals surface area (Å²) < 4.78 is 5.08. The van der Waals surface area contributed by atoms with Gasteiger partial charge in [-0.15, -0.1) is 0 Å². The van der Waals surface area contributed by atoms with Crippen LogP contribution in [0, 0.1) is 0 Å². The molecule has 1 aromatic rings. The molecule has 19 heavy (non-hydrogen) atoms. The molecule has 1 amide bonds. The first kappa shape index (κ1) is 13.8. The first-order valence-corrected chi connectivity index (χ1v) is 6.07. The van der Waals surface area contributed by atoms with Gasteiger partial charge >= 0.3 is 0 Å². The van der Waals surface area contributed by atoms with E-state index in [9.17, 15) is 14.7 Å². The van der Waals surface area contributed by atoms with Gasteiger partial charge in [-0.3, -0.25) is 9.59 Å². The van der Waals surface area contributed by atoms with E-state index in [1.165, 1.54) is 32.0 Å². The predicted molar refractivity (Wildman–Crippen MR) is 70.6 cm³/mol. The van der Waals surface area contributed by atoms with E-state index in [4.69, 9.17) is 16.3 Å². The molecule has 1 N–H and O–H groups in total. The summed E-state index contributed by atoms with van der Waals surface area (Å²) in [6, 6.07) is 3.05. The molecule has 1 aromatic carbocycles. The molecule has 5 nitrogen and oxygen atoms in total. The SMILES string of the molecule is COc1cc2c(cc1Cl)[C@](O)(CC(C)=O)C(=O)N2C. The Balaban J connectivity index is 2.63. The molecule has 0 fully saturated rings. The molecule has 0 spiro atoms. The van der Waals surface area contributed by atoms with E-state index in [0.29, 0.717) is 17.0 Å². The van der Waals surface area contributed by atoms with Crippen molar-refractivity contribution in [2.45, 2.75) is 18.9 Å². The van der Waals surface area contributed by atoms with E-state index < -0.39 is 11.5 Å². The molecular formula is C13H14ClNO4. The largest absolute Gasteiger partial charge is 0.495 e. The predicted octanol–water partition coefficient (Wildman–Crippen LogP) is 1.49. The Morgan fingerprint density at radius 1 is 1.53 bits per heavy atom. The van der Waals surface area contributed by atoms with Crippen LogP contribution in [0.4, 0.5) is 5.69 Å². The maximum absolute atomic E-state index is 12.2. The number of anilines is 1. The van der Waals surface area contributed by atoms with Crippen LogP contribution in [-0.4, -0.2) is 31.0 Å². The molecule has 0 aliphatic carbocycles. The van der Waals surface area contributed by atoms with Crippen LogP contribution >= 0.6 is 11.6 Å². The summed E-state index contributed by atoms with van der Waals surface area (Å²) in [5.74, 6) is -0.404. The van der Waals surface area contributed by atoms with Crippen LogP contribution < -0.4 is 9.64 Å². The fourth-order valence-electron chi connectivity index (χ4n) is 2.34. The van der Waals surface area contributed by atoms with Crippen molar-refractivity contribution in [3.05, 3.63) is 22.7 Å². The second kappa shape index (κ2) is 4.51. The highest BCUT2D eigenvalue weighted by atomic mass is 35.5. The molecule has 0 saturated heterocycles. The van der Waals surface area contributed by atoms with Gasteiger partial charge in [0.15, 0.2) is 5.60 Å². The molecule has 1 atom stereocenters. The summed E-state index contributed by atoms with van der Waals surface area (Å²) in [6.07, 6.45) is -0.272. The number of likely N-dealkylation sites (N-methyl/N-ethyl adjacent to an activating group) is 1. The van der Waals surface area contributed by atoms with Crippen molar-refractivity contribution in [1.82, 2.24) is 0 Å². The number of rotatable bonds is 3. The zero-order valence-electron chi connectivity index (χ0n) is 10.9. The number of halogens is 1. The van der Waals surface area contributed by atoms with Gasteiger partial charge in [-0.2, -0.15) is 0 Å². The second-order valence-electron chi connectivity index (χ2n) is 4.61. The van der Waals surface area contributed by atoms with Gasteiger partial charge in [0.1, 0.15) is 11.5 Å². The molecule has 0 bridgehead atoms. The minimum absolute atomic E-state index is 0.272. The van der Waals surface area contributed by atoms with Crippen LogP contribution in [0.15, 0.2) is 12.1 Å². The summed E-state index contributed by atoms with van der Waals surface area (Å²) >= 11 is 6.02. The lowest BCUT2D eigenvalue weighted by Crippen LogP contribution is -2.39. The Kier molecular flexibility index (Phi) is 3.28. The lowest BCUT2D eigenvalue weighted by atomic mass is 9.90. The molecule has 0 aromatic heterocycles. The minimum Gasteiger partial charge on any atom is -0.495 e. The molecule has 102 valence electrons. The van der Waals surface area contributed by atoms with Crippen LogP contribution in [0.5, 0.6) is 5.75 Å². The van der Waals surface area contributed by atoms with Crippen molar-refractivity contribution < 1.29 is 19.4 Å². The van der Waals surface area contributed by atoms with E-state index in [0.717, 1.165) is 0 Å². The van der Waals surface area contributed by atoms with E-state index in [2.05, 4.69) is 0 Å². The molecule has 2 rings (SSSR count). The molecular weight excluding hydrogens is 270 g/mol. The first-order valence-electron chi connectivity index (χ1n) is 5.69. The van der Waals surface area contributed by atoms with Crippen LogP contribution in [-0.2, 0) is 15.2 Å². The number of ketones is 1.